The zero-order valence-corrected chi connectivity index (χ0v) is 14.0. The van der Waals surface area contributed by atoms with E-state index in [9.17, 15) is 4.79 Å². The summed E-state index contributed by atoms with van der Waals surface area (Å²) in [6.45, 7) is 1.92. The summed E-state index contributed by atoms with van der Waals surface area (Å²) in [6, 6.07) is 13.0. The van der Waals surface area contributed by atoms with Crippen molar-refractivity contribution >= 4 is 34.2 Å². The molecule has 2 aromatic rings. The SMILES string of the molecule is COc1cccc(OCC(=O)Nc2ccc(I)cc2C)c1. The number of carbonyl (C=O) groups excluding carboxylic acids is 1. The highest BCUT2D eigenvalue weighted by atomic mass is 127. The van der Waals surface area contributed by atoms with E-state index in [2.05, 4.69) is 27.9 Å². The molecule has 0 unspecified atom stereocenters. The van der Waals surface area contributed by atoms with Crippen LogP contribution in [-0.2, 0) is 4.79 Å². The molecule has 0 bridgehead atoms. The molecule has 0 spiro atoms. The lowest BCUT2D eigenvalue weighted by molar-refractivity contribution is -0.118. The number of rotatable bonds is 5. The lowest BCUT2D eigenvalue weighted by Gasteiger charge is -2.10. The van der Waals surface area contributed by atoms with Gasteiger partial charge in [-0.25, -0.2) is 0 Å². The maximum absolute atomic E-state index is 11.9. The molecule has 0 aliphatic heterocycles. The molecule has 1 N–H and O–H groups in total. The minimum Gasteiger partial charge on any atom is -0.497 e. The third-order valence-corrected chi connectivity index (χ3v) is 3.54. The molecule has 0 aliphatic carbocycles. The largest absolute Gasteiger partial charge is 0.497 e. The van der Waals surface area contributed by atoms with Gasteiger partial charge in [-0.3, -0.25) is 4.79 Å². The minimum atomic E-state index is -0.192. The number of hydrogen-bond acceptors (Lipinski definition) is 3. The number of ether oxygens (including phenoxy) is 2. The van der Waals surface area contributed by atoms with Gasteiger partial charge in [0.2, 0.25) is 0 Å². The van der Waals surface area contributed by atoms with Crippen LogP contribution in [0.25, 0.3) is 0 Å². The predicted octanol–water partition coefficient (Wildman–Crippen LogP) is 3.63. The van der Waals surface area contributed by atoms with Gasteiger partial charge in [0.1, 0.15) is 11.5 Å². The van der Waals surface area contributed by atoms with Crippen molar-refractivity contribution in [1.29, 1.82) is 0 Å². The zero-order chi connectivity index (χ0) is 15.2. The second-order valence-corrected chi connectivity index (χ2v) is 5.72. The molecule has 2 rings (SSSR count). The highest BCUT2D eigenvalue weighted by Crippen LogP contribution is 2.20. The molecule has 110 valence electrons. The van der Waals surface area contributed by atoms with Crippen LogP contribution in [0, 0.1) is 10.5 Å². The molecule has 1 amide bonds. The number of methoxy groups -OCH3 is 1. The maximum atomic E-state index is 11.9. The molecule has 0 saturated carbocycles. The first kappa shape index (κ1) is 15.6. The molecule has 0 heterocycles. The van der Waals surface area contributed by atoms with Crippen LogP contribution in [0.1, 0.15) is 5.56 Å². The summed E-state index contributed by atoms with van der Waals surface area (Å²) in [6.07, 6.45) is 0. The second-order valence-electron chi connectivity index (χ2n) is 4.48. The third-order valence-electron chi connectivity index (χ3n) is 2.87. The van der Waals surface area contributed by atoms with E-state index in [-0.39, 0.29) is 12.5 Å². The quantitative estimate of drug-likeness (QED) is 0.785. The Morgan fingerprint density at radius 2 is 1.95 bits per heavy atom. The van der Waals surface area contributed by atoms with Crippen molar-refractivity contribution in [3.63, 3.8) is 0 Å². The van der Waals surface area contributed by atoms with Crippen LogP contribution < -0.4 is 14.8 Å². The number of amides is 1. The Labute approximate surface area is 137 Å². The van der Waals surface area contributed by atoms with E-state index < -0.39 is 0 Å². The van der Waals surface area contributed by atoms with Crippen molar-refractivity contribution in [2.45, 2.75) is 6.92 Å². The summed E-state index contributed by atoms with van der Waals surface area (Å²) in [7, 11) is 1.59. The number of nitrogens with one attached hydrogen (secondary N) is 1. The predicted molar refractivity (Wildman–Crippen MR) is 91.0 cm³/mol. The van der Waals surface area contributed by atoms with E-state index in [0.29, 0.717) is 11.5 Å². The topological polar surface area (TPSA) is 47.6 Å². The first-order valence-corrected chi connectivity index (χ1v) is 7.49. The van der Waals surface area contributed by atoms with Gasteiger partial charge in [-0.15, -0.1) is 0 Å². The van der Waals surface area contributed by atoms with Gasteiger partial charge in [-0.05, 0) is 65.4 Å². The van der Waals surface area contributed by atoms with Crippen LogP contribution in [0.3, 0.4) is 0 Å². The zero-order valence-electron chi connectivity index (χ0n) is 11.9. The van der Waals surface area contributed by atoms with E-state index in [1.165, 1.54) is 0 Å². The molecule has 0 aliphatic rings. The highest BCUT2D eigenvalue weighted by Gasteiger charge is 2.06. The number of aryl methyl sites for hydroxylation is 1. The lowest BCUT2D eigenvalue weighted by Crippen LogP contribution is -2.20. The number of hydrogen-bond donors (Lipinski definition) is 1. The Morgan fingerprint density at radius 1 is 1.19 bits per heavy atom. The van der Waals surface area contributed by atoms with Gasteiger partial charge in [0.05, 0.1) is 7.11 Å². The minimum absolute atomic E-state index is 0.0431. The Morgan fingerprint density at radius 3 is 2.67 bits per heavy atom. The Hall–Kier alpha value is -1.76. The molecule has 0 aromatic heterocycles. The van der Waals surface area contributed by atoms with Gasteiger partial charge in [0.15, 0.2) is 6.61 Å². The number of carbonyl (C=O) groups is 1. The van der Waals surface area contributed by atoms with E-state index >= 15 is 0 Å². The standard InChI is InChI=1S/C16H16INO3/c1-11-8-12(17)6-7-15(11)18-16(19)10-21-14-5-3-4-13(9-14)20-2/h3-9H,10H2,1-2H3,(H,18,19). The van der Waals surface area contributed by atoms with Crippen molar-refractivity contribution in [3.05, 3.63) is 51.6 Å². The van der Waals surface area contributed by atoms with Gasteiger partial charge >= 0.3 is 0 Å². The molecule has 0 saturated heterocycles. The Kier molecular flexibility index (Phi) is 5.44. The van der Waals surface area contributed by atoms with Crippen molar-refractivity contribution in [2.24, 2.45) is 0 Å². The van der Waals surface area contributed by atoms with Crippen molar-refractivity contribution in [3.8, 4) is 11.5 Å². The second kappa shape index (κ2) is 7.31. The molecule has 5 heteroatoms. The fraction of sp³-hybridized carbons (Fsp3) is 0.188. The molecule has 4 nitrogen and oxygen atoms in total. The number of anilines is 1. The van der Waals surface area contributed by atoms with Crippen LogP contribution >= 0.6 is 22.6 Å². The van der Waals surface area contributed by atoms with Gasteiger partial charge in [-0.1, -0.05) is 6.07 Å². The van der Waals surface area contributed by atoms with Gasteiger partial charge in [0, 0.05) is 15.3 Å². The lowest BCUT2D eigenvalue weighted by atomic mass is 10.2. The highest BCUT2D eigenvalue weighted by molar-refractivity contribution is 14.1. The van der Waals surface area contributed by atoms with Gasteiger partial charge < -0.3 is 14.8 Å². The molecule has 0 atom stereocenters. The van der Waals surface area contributed by atoms with E-state index in [1.807, 2.05) is 37.3 Å². The first-order chi connectivity index (χ1) is 10.1. The fourth-order valence-corrected chi connectivity index (χ4v) is 2.44. The van der Waals surface area contributed by atoms with Gasteiger partial charge in [-0.2, -0.15) is 0 Å². The summed E-state index contributed by atoms with van der Waals surface area (Å²) < 4.78 is 11.7. The van der Waals surface area contributed by atoms with Gasteiger partial charge in [0.25, 0.3) is 5.91 Å². The van der Waals surface area contributed by atoms with Crippen LogP contribution in [0.15, 0.2) is 42.5 Å². The van der Waals surface area contributed by atoms with Crippen molar-refractivity contribution < 1.29 is 14.3 Å². The summed E-state index contributed by atoms with van der Waals surface area (Å²) in [5.74, 6) is 1.10. The van der Waals surface area contributed by atoms with Crippen molar-refractivity contribution in [2.75, 3.05) is 19.0 Å². The molecule has 0 radical (unpaired) electrons. The van der Waals surface area contributed by atoms with Crippen LogP contribution in [0.5, 0.6) is 11.5 Å². The molecular formula is C16H16INO3. The maximum Gasteiger partial charge on any atom is 0.262 e. The molecular weight excluding hydrogens is 381 g/mol. The summed E-state index contributed by atoms with van der Waals surface area (Å²) in [5, 5.41) is 2.84. The average Bonchev–Trinajstić information content (AvgIpc) is 2.48. The number of benzene rings is 2. The summed E-state index contributed by atoms with van der Waals surface area (Å²) in [4.78, 5) is 11.9. The Balaban J connectivity index is 1.92. The molecule has 21 heavy (non-hydrogen) atoms. The van der Waals surface area contributed by atoms with E-state index in [1.54, 1.807) is 19.2 Å². The average molecular weight is 397 g/mol. The Bertz CT molecular complexity index is 643. The van der Waals surface area contributed by atoms with E-state index in [0.717, 1.165) is 14.8 Å². The smallest absolute Gasteiger partial charge is 0.262 e. The normalized spacial score (nSPS) is 10.0. The van der Waals surface area contributed by atoms with Crippen molar-refractivity contribution in [1.82, 2.24) is 0 Å². The summed E-state index contributed by atoms with van der Waals surface area (Å²) in [5.41, 5.74) is 1.83. The van der Waals surface area contributed by atoms with Crippen LogP contribution in [0.4, 0.5) is 5.69 Å². The monoisotopic (exact) mass is 397 g/mol. The van der Waals surface area contributed by atoms with E-state index in [4.69, 9.17) is 9.47 Å². The van der Waals surface area contributed by atoms with Crippen LogP contribution in [-0.4, -0.2) is 19.6 Å². The molecule has 0 fully saturated rings. The fourth-order valence-electron chi connectivity index (χ4n) is 1.79. The molecule has 2 aromatic carbocycles. The summed E-state index contributed by atoms with van der Waals surface area (Å²) >= 11 is 2.24. The van der Waals surface area contributed by atoms with Crippen LogP contribution in [0.2, 0.25) is 0 Å². The number of halogens is 1. The first-order valence-electron chi connectivity index (χ1n) is 6.41. The third kappa shape index (κ3) is 4.63.